The first-order valence-electron chi connectivity index (χ1n) is 6.26. The summed E-state index contributed by atoms with van der Waals surface area (Å²) in [6, 6.07) is 5.91. The summed E-state index contributed by atoms with van der Waals surface area (Å²) in [7, 11) is 1.78. The van der Waals surface area contributed by atoms with E-state index in [4.69, 9.17) is 9.47 Å². The van der Waals surface area contributed by atoms with Crippen LogP contribution in [0.1, 0.15) is 11.3 Å². The largest absolute Gasteiger partial charge is 0.492 e. The fourth-order valence-corrected chi connectivity index (χ4v) is 1.97. The van der Waals surface area contributed by atoms with Crippen molar-refractivity contribution in [2.75, 3.05) is 13.2 Å². The maximum absolute atomic E-state index is 5.70. The Bertz CT molecular complexity index is 568. The zero-order chi connectivity index (χ0) is 13.1. The Kier molecular flexibility index (Phi) is 3.33. The van der Waals surface area contributed by atoms with E-state index in [2.05, 4.69) is 15.5 Å². The van der Waals surface area contributed by atoms with Crippen molar-refractivity contribution in [1.29, 1.82) is 0 Å². The van der Waals surface area contributed by atoms with Crippen LogP contribution in [0.25, 0.3) is 0 Å². The van der Waals surface area contributed by atoms with Crippen molar-refractivity contribution in [2.45, 2.75) is 13.2 Å². The van der Waals surface area contributed by atoms with Gasteiger partial charge >= 0.3 is 0 Å². The second kappa shape index (κ2) is 5.27. The Balaban J connectivity index is 1.69. The molecule has 1 aliphatic heterocycles. The van der Waals surface area contributed by atoms with Gasteiger partial charge in [-0.3, -0.25) is 0 Å². The van der Waals surface area contributed by atoms with Crippen LogP contribution in [0.15, 0.2) is 24.4 Å². The molecule has 100 valence electrons. The van der Waals surface area contributed by atoms with E-state index in [1.165, 1.54) is 4.80 Å². The Morgan fingerprint density at radius 1 is 1.47 bits per heavy atom. The Labute approximate surface area is 111 Å². The lowest BCUT2D eigenvalue weighted by Gasteiger charge is -2.09. The first kappa shape index (κ1) is 12.0. The molecule has 1 N–H and O–H groups in total. The molecule has 0 fully saturated rings. The van der Waals surface area contributed by atoms with Gasteiger partial charge in [0.25, 0.3) is 0 Å². The summed E-state index contributed by atoms with van der Waals surface area (Å²) >= 11 is 0. The SMILES string of the molecule is Cn1ncc(COc2ccc3c(c2)OCCNC3)n1. The van der Waals surface area contributed by atoms with Gasteiger partial charge in [-0.15, -0.1) is 0 Å². The predicted molar refractivity (Wildman–Crippen MR) is 69.0 cm³/mol. The highest BCUT2D eigenvalue weighted by molar-refractivity contribution is 5.41. The lowest BCUT2D eigenvalue weighted by Crippen LogP contribution is -2.16. The molecule has 0 saturated heterocycles. The lowest BCUT2D eigenvalue weighted by atomic mass is 10.2. The normalized spacial score (nSPS) is 14.4. The number of aromatic nitrogens is 3. The molecule has 0 atom stereocenters. The molecule has 3 rings (SSSR count). The number of benzene rings is 1. The third-order valence-electron chi connectivity index (χ3n) is 2.92. The summed E-state index contributed by atoms with van der Waals surface area (Å²) in [6.45, 7) is 2.79. The minimum Gasteiger partial charge on any atom is -0.492 e. The molecule has 0 radical (unpaired) electrons. The van der Waals surface area contributed by atoms with Crippen molar-refractivity contribution >= 4 is 0 Å². The van der Waals surface area contributed by atoms with E-state index in [0.29, 0.717) is 13.2 Å². The molecule has 0 saturated carbocycles. The summed E-state index contributed by atoms with van der Waals surface area (Å²) in [4.78, 5) is 1.52. The summed E-state index contributed by atoms with van der Waals surface area (Å²) in [5, 5.41) is 11.5. The summed E-state index contributed by atoms with van der Waals surface area (Å²) in [5.41, 5.74) is 1.96. The van der Waals surface area contributed by atoms with Crippen LogP contribution in [0.4, 0.5) is 0 Å². The lowest BCUT2D eigenvalue weighted by molar-refractivity contribution is 0.293. The van der Waals surface area contributed by atoms with Crippen LogP contribution in [0.5, 0.6) is 11.5 Å². The molecule has 1 aliphatic rings. The van der Waals surface area contributed by atoms with Gasteiger partial charge in [-0.05, 0) is 6.07 Å². The first-order valence-corrected chi connectivity index (χ1v) is 6.26. The fraction of sp³-hybridized carbons (Fsp3) is 0.385. The molecule has 19 heavy (non-hydrogen) atoms. The van der Waals surface area contributed by atoms with Crippen LogP contribution in [0.3, 0.4) is 0 Å². The molecular weight excluding hydrogens is 244 g/mol. The monoisotopic (exact) mass is 260 g/mol. The van der Waals surface area contributed by atoms with Gasteiger partial charge < -0.3 is 14.8 Å². The van der Waals surface area contributed by atoms with Crippen molar-refractivity contribution in [1.82, 2.24) is 20.3 Å². The quantitative estimate of drug-likeness (QED) is 0.887. The fourth-order valence-electron chi connectivity index (χ4n) is 1.97. The molecule has 2 aromatic rings. The standard InChI is InChI=1S/C13H16N4O2/c1-17-15-8-11(16-17)9-19-12-3-2-10-7-14-4-5-18-13(10)6-12/h2-3,6,8,14H,4-5,7,9H2,1H3. The smallest absolute Gasteiger partial charge is 0.134 e. The van der Waals surface area contributed by atoms with Crippen LogP contribution in [0.2, 0.25) is 0 Å². The predicted octanol–water partition coefficient (Wildman–Crippen LogP) is 0.876. The van der Waals surface area contributed by atoms with E-state index in [9.17, 15) is 0 Å². The number of rotatable bonds is 3. The number of nitrogens with one attached hydrogen (secondary N) is 1. The number of hydrogen-bond acceptors (Lipinski definition) is 5. The number of nitrogens with zero attached hydrogens (tertiary/aromatic N) is 3. The number of fused-ring (bicyclic) bond motifs is 1. The maximum atomic E-state index is 5.70. The first-order chi connectivity index (χ1) is 9.31. The third kappa shape index (κ3) is 2.85. The second-order valence-electron chi connectivity index (χ2n) is 4.41. The van der Waals surface area contributed by atoms with E-state index in [1.54, 1.807) is 13.2 Å². The minimum atomic E-state index is 0.408. The van der Waals surface area contributed by atoms with E-state index in [0.717, 1.165) is 35.8 Å². The van der Waals surface area contributed by atoms with Crippen molar-refractivity contribution in [3.05, 3.63) is 35.7 Å². The zero-order valence-corrected chi connectivity index (χ0v) is 10.8. The van der Waals surface area contributed by atoms with Gasteiger partial charge in [0.1, 0.15) is 30.4 Å². The number of aryl methyl sites for hydroxylation is 1. The number of hydrogen-bond donors (Lipinski definition) is 1. The highest BCUT2D eigenvalue weighted by Crippen LogP contribution is 2.26. The molecule has 0 bridgehead atoms. The summed E-state index contributed by atoms with van der Waals surface area (Å²) < 4.78 is 11.4. The van der Waals surface area contributed by atoms with Crippen LogP contribution in [-0.2, 0) is 20.2 Å². The summed E-state index contributed by atoms with van der Waals surface area (Å²) in [6.07, 6.45) is 1.70. The average molecular weight is 260 g/mol. The van der Waals surface area contributed by atoms with Crippen LogP contribution < -0.4 is 14.8 Å². The minimum absolute atomic E-state index is 0.408. The van der Waals surface area contributed by atoms with Gasteiger partial charge in [-0.25, -0.2) is 0 Å². The van der Waals surface area contributed by atoms with Crippen LogP contribution in [-0.4, -0.2) is 28.1 Å². The van der Waals surface area contributed by atoms with Gasteiger partial charge in [-0.1, -0.05) is 6.07 Å². The Hall–Kier alpha value is -2.08. The van der Waals surface area contributed by atoms with Crippen molar-refractivity contribution < 1.29 is 9.47 Å². The molecule has 1 aromatic heterocycles. The average Bonchev–Trinajstić information content (AvgIpc) is 2.70. The van der Waals surface area contributed by atoms with E-state index < -0.39 is 0 Å². The molecule has 0 spiro atoms. The maximum Gasteiger partial charge on any atom is 0.134 e. The van der Waals surface area contributed by atoms with Gasteiger partial charge in [0, 0.05) is 31.8 Å². The van der Waals surface area contributed by atoms with E-state index in [1.807, 2.05) is 18.2 Å². The second-order valence-corrected chi connectivity index (χ2v) is 4.41. The third-order valence-corrected chi connectivity index (χ3v) is 2.92. The molecule has 1 aromatic carbocycles. The van der Waals surface area contributed by atoms with Crippen molar-refractivity contribution in [2.24, 2.45) is 7.05 Å². The molecule has 6 nitrogen and oxygen atoms in total. The molecule has 2 heterocycles. The molecule has 0 unspecified atom stereocenters. The van der Waals surface area contributed by atoms with Crippen molar-refractivity contribution in [3.63, 3.8) is 0 Å². The Morgan fingerprint density at radius 2 is 2.42 bits per heavy atom. The molecule has 6 heteroatoms. The van der Waals surface area contributed by atoms with Gasteiger partial charge in [0.2, 0.25) is 0 Å². The van der Waals surface area contributed by atoms with Crippen LogP contribution >= 0.6 is 0 Å². The number of ether oxygens (including phenoxy) is 2. The highest BCUT2D eigenvalue weighted by Gasteiger charge is 2.09. The molecular formula is C13H16N4O2. The Morgan fingerprint density at radius 3 is 3.26 bits per heavy atom. The molecule has 0 amide bonds. The van der Waals surface area contributed by atoms with Gasteiger partial charge in [0.05, 0.1) is 6.20 Å². The van der Waals surface area contributed by atoms with Crippen LogP contribution in [0, 0.1) is 0 Å². The molecule has 0 aliphatic carbocycles. The van der Waals surface area contributed by atoms with E-state index >= 15 is 0 Å². The zero-order valence-electron chi connectivity index (χ0n) is 10.8. The van der Waals surface area contributed by atoms with Gasteiger partial charge in [0.15, 0.2) is 0 Å². The van der Waals surface area contributed by atoms with Gasteiger partial charge in [-0.2, -0.15) is 15.0 Å². The topological polar surface area (TPSA) is 61.2 Å². The summed E-state index contributed by atoms with van der Waals surface area (Å²) in [5.74, 6) is 1.67. The van der Waals surface area contributed by atoms with E-state index in [-0.39, 0.29) is 0 Å². The highest BCUT2D eigenvalue weighted by atomic mass is 16.5. The van der Waals surface area contributed by atoms with Crippen molar-refractivity contribution in [3.8, 4) is 11.5 Å².